The minimum atomic E-state index is 0.222. The fourth-order valence-electron chi connectivity index (χ4n) is 3.19. The van der Waals surface area contributed by atoms with Crippen LogP contribution in [0.1, 0.15) is 24.0 Å². The van der Waals surface area contributed by atoms with Gasteiger partial charge in [-0.1, -0.05) is 42.5 Å². The second kappa shape index (κ2) is 10.8. The van der Waals surface area contributed by atoms with Crippen molar-refractivity contribution in [2.75, 3.05) is 25.9 Å². The highest BCUT2D eigenvalue weighted by Crippen LogP contribution is 2.22. The predicted molar refractivity (Wildman–Crippen MR) is 116 cm³/mol. The number of nitrogens with zero attached hydrogens (tertiary/aromatic N) is 2. The van der Waals surface area contributed by atoms with Gasteiger partial charge in [-0.15, -0.1) is 11.8 Å². The highest BCUT2D eigenvalue weighted by molar-refractivity contribution is 7.99. The van der Waals surface area contributed by atoms with Crippen LogP contribution in [-0.2, 0) is 17.9 Å². The van der Waals surface area contributed by atoms with Crippen LogP contribution < -0.4 is 10.6 Å². The van der Waals surface area contributed by atoms with Crippen LogP contribution in [0.5, 0.6) is 0 Å². The van der Waals surface area contributed by atoms with Gasteiger partial charge in [0.15, 0.2) is 5.96 Å². The van der Waals surface area contributed by atoms with Gasteiger partial charge in [0.2, 0.25) is 5.91 Å². The van der Waals surface area contributed by atoms with Gasteiger partial charge >= 0.3 is 0 Å². The molecule has 6 heteroatoms. The Bertz CT molecular complexity index is 769. The first-order chi connectivity index (χ1) is 13.8. The third-order valence-corrected chi connectivity index (χ3v) is 5.70. The number of thioether (sulfide) groups is 1. The zero-order valence-corrected chi connectivity index (χ0v) is 17.2. The summed E-state index contributed by atoms with van der Waals surface area (Å²) in [5.41, 5.74) is 2.54. The summed E-state index contributed by atoms with van der Waals surface area (Å²) in [5.74, 6) is 1.98. The van der Waals surface area contributed by atoms with Gasteiger partial charge in [-0.25, -0.2) is 0 Å². The Morgan fingerprint density at radius 2 is 1.64 bits per heavy atom. The molecule has 0 atom stereocenters. The van der Waals surface area contributed by atoms with Crippen molar-refractivity contribution in [3.63, 3.8) is 0 Å². The Balaban J connectivity index is 1.28. The van der Waals surface area contributed by atoms with E-state index in [1.165, 1.54) is 16.0 Å². The quantitative estimate of drug-likeness (QED) is 0.311. The molecule has 148 valence electrons. The van der Waals surface area contributed by atoms with Crippen LogP contribution in [0, 0.1) is 0 Å². The van der Waals surface area contributed by atoms with E-state index in [1.54, 1.807) is 7.05 Å². The fraction of sp³-hybridized carbons (Fsp3) is 0.364. The number of hydrogen-bond donors (Lipinski definition) is 2. The van der Waals surface area contributed by atoms with Crippen molar-refractivity contribution in [3.8, 4) is 0 Å². The van der Waals surface area contributed by atoms with Crippen LogP contribution >= 0.6 is 11.8 Å². The van der Waals surface area contributed by atoms with Gasteiger partial charge in [0, 0.05) is 50.3 Å². The molecule has 0 aliphatic carbocycles. The lowest BCUT2D eigenvalue weighted by atomic mass is 10.1. The van der Waals surface area contributed by atoms with Gasteiger partial charge in [-0.3, -0.25) is 9.79 Å². The van der Waals surface area contributed by atoms with Crippen molar-refractivity contribution in [3.05, 3.63) is 65.7 Å². The first-order valence-corrected chi connectivity index (χ1v) is 10.7. The molecule has 0 saturated heterocycles. The van der Waals surface area contributed by atoms with Crippen LogP contribution in [0.25, 0.3) is 0 Å². The summed E-state index contributed by atoms with van der Waals surface area (Å²) in [7, 11) is 1.77. The zero-order chi connectivity index (χ0) is 19.6. The maximum atomic E-state index is 12.4. The van der Waals surface area contributed by atoms with E-state index in [4.69, 9.17) is 0 Å². The standard InChI is InChI=1S/C22H28N4OS/c1-23-22(25-14-15-28-20-10-3-2-4-11-20)24-13-7-12-21(27)26-16-18-8-5-6-9-19(18)17-26/h2-6,8-11H,7,12-17H2,1H3,(H2,23,24,25). The molecule has 2 N–H and O–H groups in total. The Kier molecular flexibility index (Phi) is 7.79. The topological polar surface area (TPSA) is 56.7 Å². The van der Waals surface area contributed by atoms with E-state index in [-0.39, 0.29) is 5.91 Å². The molecule has 3 rings (SSSR count). The van der Waals surface area contributed by atoms with Crippen LogP contribution in [0.4, 0.5) is 0 Å². The minimum absolute atomic E-state index is 0.222. The molecule has 0 saturated carbocycles. The van der Waals surface area contributed by atoms with Crippen molar-refractivity contribution in [1.29, 1.82) is 0 Å². The molecule has 0 aromatic heterocycles. The van der Waals surface area contributed by atoms with E-state index in [2.05, 4.69) is 52.0 Å². The molecule has 2 aromatic carbocycles. The molecule has 2 aromatic rings. The lowest BCUT2D eigenvalue weighted by Crippen LogP contribution is -2.39. The van der Waals surface area contributed by atoms with Crippen LogP contribution in [-0.4, -0.2) is 42.7 Å². The molecule has 28 heavy (non-hydrogen) atoms. The van der Waals surface area contributed by atoms with Crippen molar-refractivity contribution in [1.82, 2.24) is 15.5 Å². The molecular formula is C22H28N4OS. The van der Waals surface area contributed by atoms with Crippen molar-refractivity contribution < 1.29 is 4.79 Å². The number of rotatable bonds is 8. The van der Waals surface area contributed by atoms with Gasteiger partial charge in [0.1, 0.15) is 0 Å². The predicted octanol–water partition coefficient (Wildman–Crippen LogP) is 3.27. The summed E-state index contributed by atoms with van der Waals surface area (Å²) < 4.78 is 0. The highest BCUT2D eigenvalue weighted by atomic mass is 32.2. The number of hydrogen-bond acceptors (Lipinski definition) is 3. The normalized spacial score (nSPS) is 13.3. The lowest BCUT2D eigenvalue weighted by Gasteiger charge is -2.16. The molecule has 5 nitrogen and oxygen atoms in total. The van der Waals surface area contributed by atoms with Gasteiger partial charge in [0.05, 0.1) is 0 Å². The molecular weight excluding hydrogens is 368 g/mol. The Morgan fingerprint density at radius 3 is 2.32 bits per heavy atom. The molecule has 1 amide bonds. The van der Waals surface area contributed by atoms with Crippen LogP contribution in [0.15, 0.2) is 64.5 Å². The SMILES string of the molecule is CN=C(NCCCC(=O)N1Cc2ccccc2C1)NCCSc1ccccc1. The maximum Gasteiger partial charge on any atom is 0.223 e. The summed E-state index contributed by atoms with van der Waals surface area (Å²) in [6, 6.07) is 18.7. The van der Waals surface area contributed by atoms with E-state index in [0.717, 1.165) is 44.3 Å². The van der Waals surface area contributed by atoms with E-state index >= 15 is 0 Å². The monoisotopic (exact) mass is 396 g/mol. The molecule has 0 radical (unpaired) electrons. The summed E-state index contributed by atoms with van der Waals surface area (Å²) in [5, 5.41) is 6.61. The smallest absolute Gasteiger partial charge is 0.223 e. The van der Waals surface area contributed by atoms with E-state index < -0.39 is 0 Å². The molecule has 0 bridgehead atoms. The summed E-state index contributed by atoms with van der Waals surface area (Å²) >= 11 is 1.82. The summed E-state index contributed by atoms with van der Waals surface area (Å²) in [6.07, 6.45) is 1.35. The number of benzene rings is 2. The average molecular weight is 397 g/mol. The molecule has 0 spiro atoms. The Labute approximate surface area is 171 Å². The van der Waals surface area contributed by atoms with Crippen LogP contribution in [0.2, 0.25) is 0 Å². The summed E-state index contributed by atoms with van der Waals surface area (Å²) in [4.78, 5) is 19.9. The van der Waals surface area contributed by atoms with Gasteiger partial charge in [-0.05, 0) is 29.7 Å². The number of amides is 1. The summed E-state index contributed by atoms with van der Waals surface area (Å²) in [6.45, 7) is 3.05. The first kappa shape index (κ1) is 20.3. The number of carbonyl (C=O) groups is 1. The number of fused-ring (bicyclic) bond motifs is 1. The van der Waals surface area contributed by atoms with Crippen molar-refractivity contribution in [2.24, 2.45) is 4.99 Å². The minimum Gasteiger partial charge on any atom is -0.356 e. The van der Waals surface area contributed by atoms with E-state index in [0.29, 0.717) is 6.42 Å². The highest BCUT2D eigenvalue weighted by Gasteiger charge is 2.22. The average Bonchev–Trinajstić information content (AvgIpc) is 3.17. The number of guanidine groups is 1. The number of aliphatic imine (C=N–C) groups is 1. The fourth-order valence-corrected chi connectivity index (χ4v) is 3.98. The van der Waals surface area contributed by atoms with E-state index in [9.17, 15) is 4.79 Å². The first-order valence-electron chi connectivity index (χ1n) is 9.73. The molecule has 0 fully saturated rings. The number of nitrogens with one attached hydrogen (secondary N) is 2. The van der Waals surface area contributed by atoms with Gasteiger partial charge in [-0.2, -0.15) is 0 Å². The Hall–Kier alpha value is -2.47. The van der Waals surface area contributed by atoms with Gasteiger partial charge < -0.3 is 15.5 Å². The third kappa shape index (κ3) is 6.02. The third-order valence-electron chi connectivity index (χ3n) is 4.68. The van der Waals surface area contributed by atoms with Gasteiger partial charge in [0.25, 0.3) is 0 Å². The lowest BCUT2D eigenvalue weighted by molar-refractivity contribution is -0.131. The molecule has 1 aliphatic heterocycles. The Morgan fingerprint density at radius 1 is 1.00 bits per heavy atom. The van der Waals surface area contributed by atoms with Crippen molar-refractivity contribution >= 4 is 23.6 Å². The van der Waals surface area contributed by atoms with Crippen molar-refractivity contribution in [2.45, 2.75) is 30.8 Å². The largest absolute Gasteiger partial charge is 0.356 e. The molecule has 0 unspecified atom stereocenters. The molecule has 1 heterocycles. The molecule has 1 aliphatic rings. The zero-order valence-electron chi connectivity index (χ0n) is 16.4. The number of carbonyl (C=O) groups excluding carboxylic acids is 1. The van der Waals surface area contributed by atoms with Crippen LogP contribution in [0.3, 0.4) is 0 Å². The van der Waals surface area contributed by atoms with E-state index in [1.807, 2.05) is 34.9 Å². The second-order valence-electron chi connectivity index (χ2n) is 6.71. The second-order valence-corrected chi connectivity index (χ2v) is 7.88. The maximum absolute atomic E-state index is 12.4.